The van der Waals surface area contributed by atoms with E-state index in [2.05, 4.69) is 25.8 Å². The zero-order valence-electron chi connectivity index (χ0n) is 16.3. The Kier molecular flexibility index (Phi) is 6.14. The van der Waals surface area contributed by atoms with Gasteiger partial charge >= 0.3 is 11.9 Å². The first kappa shape index (κ1) is 19.4. The zero-order valence-corrected chi connectivity index (χ0v) is 16.3. The highest BCUT2D eigenvalue weighted by molar-refractivity contribution is 5.79. The molecule has 1 aromatic carbocycles. The van der Waals surface area contributed by atoms with Gasteiger partial charge in [-0.3, -0.25) is 4.79 Å². The molecule has 1 fully saturated rings. The fourth-order valence-corrected chi connectivity index (χ4v) is 3.91. The van der Waals surface area contributed by atoms with E-state index in [0.29, 0.717) is 17.8 Å². The molecule has 0 saturated heterocycles. The maximum absolute atomic E-state index is 12.2. The Morgan fingerprint density at radius 1 is 1.22 bits per heavy atom. The molecule has 0 unspecified atom stereocenters. The van der Waals surface area contributed by atoms with Crippen LogP contribution in [0.3, 0.4) is 0 Å². The van der Waals surface area contributed by atoms with Crippen molar-refractivity contribution < 1.29 is 19.1 Å². The van der Waals surface area contributed by atoms with Crippen molar-refractivity contribution >= 4 is 23.0 Å². The lowest BCUT2D eigenvalue weighted by Crippen LogP contribution is -2.37. The number of ether oxygens (including phenoxy) is 2. The van der Waals surface area contributed by atoms with Gasteiger partial charge in [0.05, 0.1) is 17.4 Å². The SMILES string of the molecule is CC(C)[C@@H]1CC[C@@H](C)C[C@H]1OC(=O)COC(=O)Cn1cnc2ccccc21. The molecule has 1 heterocycles. The lowest BCUT2D eigenvalue weighted by Gasteiger charge is -2.36. The van der Waals surface area contributed by atoms with Crippen LogP contribution in [0.4, 0.5) is 0 Å². The lowest BCUT2D eigenvalue weighted by molar-refractivity contribution is -0.167. The molecule has 6 nitrogen and oxygen atoms in total. The summed E-state index contributed by atoms with van der Waals surface area (Å²) in [5, 5.41) is 0. The smallest absolute Gasteiger partial charge is 0.344 e. The van der Waals surface area contributed by atoms with Gasteiger partial charge in [0, 0.05) is 0 Å². The number of imidazole rings is 1. The van der Waals surface area contributed by atoms with Crippen LogP contribution in [-0.4, -0.2) is 34.2 Å². The summed E-state index contributed by atoms with van der Waals surface area (Å²) in [5.41, 5.74) is 1.67. The van der Waals surface area contributed by atoms with Gasteiger partial charge in [-0.05, 0) is 42.7 Å². The van der Waals surface area contributed by atoms with Crippen LogP contribution in [0.2, 0.25) is 0 Å². The summed E-state index contributed by atoms with van der Waals surface area (Å²) in [6.07, 6.45) is 4.64. The number of benzene rings is 1. The standard InChI is InChI=1S/C21H28N2O4/c1-14(2)16-9-8-15(3)10-19(16)27-21(25)12-26-20(24)11-23-13-22-17-6-4-5-7-18(17)23/h4-7,13-16,19H,8-12H2,1-3H3/t15-,16+,19-/m1/s1. The topological polar surface area (TPSA) is 70.4 Å². The Hall–Kier alpha value is -2.37. The monoisotopic (exact) mass is 372 g/mol. The molecule has 146 valence electrons. The molecule has 0 N–H and O–H groups in total. The third-order valence-corrected chi connectivity index (χ3v) is 5.42. The Morgan fingerprint density at radius 3 is 2.78 bits per heavy atom. The molecule has 27 heavy (non-hydrogen) atoms. The molecule has 1 aromatic heterocycles. The second-order valence-electron chi connectivity index (χ2n) is 7.88. The summed E-state index contributed by atoms with van der Waals surface area (Å²) in [6.45, 7) is 6.19. The highest BCUT2D eigenvalue weighted by Crippen LogP contribution is 2.35. The predicted molar refractivity (Wildman–Crippen MR) is 102 cm³/mol. The van der Waals surface area contributed by atoms with Gasteiger partial charge in [-0.15, -0.1) is 0 Å². The first-order chi connectivity index (χ1) is 12.9. The normalized spacial score (nSPS) is 22.7. The highest BCUT2D eigenvalue weighted by Gasteiger charge is 2.33. The number of carbonyl (C=O) groups is 2. The van der Waals surface area contributed by atoms with Crippen LogP contribution in [0.1, 0.15) is 40.0 Å². The average molecular weight is 372 g/mol. The largest absolute Gasteiger partial charge is 0.460 e. The van der Waals surface area contributed by atoms with Crippen molar-refractivity contribution in [2.45, 2.75) is 52.7 Å². The molecule has 0 aliphatic heterocycles. The van der Waals surface area contributed by atoms with E-state index in [1.165, 1.54) is 6.42 Å². The van der Waals surface area contributed by atoms with Gasteiger partial charge in [0.1, 0.15) is 12.6 Å². The lowest BCUT2D eigenvalue weighted by atomic mass is 9.75. The molecule has 6 heteroatoms. The van der Waals surface area contributed by atoms with Gasteiger partial charge < -0.3 is 14.0 Å². The van der Waals surface area contributed by atoms with Gasteiger partial charge in [0.15, 0.2) is 6.61 Å². The number of nitrogens with zero attached hydrogens (tertiary/aromatic N) is 2. The van der Waals surface area contributed by atoms with E-state index in [9.17, 15) is 9.59 Å². The van der Waals surface area contributed by atoms with Crippen molar-refractivity contribution in [3.05, 3.63) is 30.6 Å². The molecule has 1 saturated carbocycles. The van der Waals surface area contributed by atoms with Gasteiger partial charge in [-0.2, -0.15) is 0 Å². The molecule has 0 radical (unpaired) electrons. The number of esters is 2. The van der Waals surface area contributed by atoms with Crippen LogP contribution < -0.4 is 0 Å². The Balaban J connectivity index is 1.50. The second-order valence-corrected chi connectivity index (χ2v) is 7.88. The summed E-state index contributed by atoms with van der Waals surface area (Å²) in [4.78, 5) is 28.5. The molecule has 1 aliphatic carbocycles. The quantitative estimate of drug-likeness (QED) is 0.725. The number of aromatic nitrogens is 2. The minimum atomic E-state index is -0.479. The summed E-state index contributed by atoms with van der Waals surface area (Å²) in [6, 6.07) is 7.55. The van der Waals surface area contributed by atoms with E-state index in [0.717, 1.165) is 23.9 Å². The molecular weight excluding hydrogens is 344 g/mol. The molecule has 3 atom stereocenters. The van der Waals surface area contributed by atoms with Gasteiger partial charge in [0.2, 0.25) is 0 Å². The maximum atomic E-state index is 12.2. The van der Waals surface area contributed by atoms with Crippen molar-refractivity contribution in [3.63, 3.8) is 0 Å². The fourth-order valence-electron chi connectivity index (χ4n) is 3.91. The molecule has 0 spiro atoms. The number of rotatable bonds is 6. The summed E-state index contributed by atoms with van der Waals surface area (Å²) in [5.74, 6) is 0.441. The Bertz CT molecular complexity index is 798. The van der Waals surface area contributed by atoms with E-state index >= 15 is 0 Å². The van der Waals surface area contributed by atoms with Crippen molar-refractivity contribution in [1.29, 1.82) is 0 Å². The second kappa shape index (κ2) is 8.55. The maximum Gasteiger partial charge on any atom is 0.344 e. The van der Waals surface area contributed by atoms with Gasteiger partial charge in [-0.25, -0.2) is 9.78 Å². The van der Waals surface area contributed by atoms with Gasteiger partial charge in [-0.1, -0.05) is 39.3 Å². The molecular formula is C21H28N2O4. The molecule has 0 amide bonds. The van der Waals surface area contributed by atoms with Crippen LogP contribution in [-0.2, 0) is 25.6 Å². The van der Waals surface area contributed by atoms with E-state index in [1.807, 2.05) is 24.3 Å². The zero-order chi connectivity index (χ0) is 19.4. The highest BCUT2D eigenvalue weighted by atomic mass is 16.6. The predicted octanol–water partition coefficient (Wildman–Crippen LogP) is 3.58. The van der Waals surface area contributed by atoms with E-state index in [4.69, 9.17) is 9.47 Å². The van der Waals surface area contributed by atoms with Gasteiger partial charge in [0.25, 0.3) is 0 Å². The van der Waals surface area contributed by atoms with Crippen molar-refractivity contribution in [1.82, 2.24) is 9.55 Å². The third kappa shape index (κ3) is 4.87. The van der Waals surface area contributed by atoms with Crippen LogP contribution in [0, 0.1) is 17.8 Å². The van der Waals surface area contributed by atoms with Crippen molar-refractivity contribution in [2.24, 2.45) is 17.8 Å². The van der Waals surface area contributed by atoms with Crippen molar-refractivity contribution in [3.8, 4) is 0 Å². The third-order valence-electron chi connectivity index (χ3n) is 5.42. The number of carbonyl (C=O) groups excluding carboxylic acids is 2. The summed E-state index contributed by atoms with van der Waals surface area (Å²) in [7, 11) is 0. The Labute approximate surface area is 159 Å². The van der Waals surface area contributed by atoms with Crippen LogP contribution in [0.5, 0.6) is 0 Å². The van der Waals surface area contributed by atoms with Crippen LogP contribution in [0.15, 0.2) is 30.6 Å². The first-order valence-corrected chi connectivity index (χ1v) is 9.69. The molecule has 0 bridgehead atoms. The van der Waals surface area contributed by atoms with Crippen LogP contribution >= 0.6 is 0 Å². The fraction of sp³-hybridized carbons (Fsp3) is 0.571. The number of hydrogen-bond donors (Lipinski definition) is 0. The minimum absolute atomic E-state index is 0.0167. The molecule has 3 rings (SSSR count). The molecule has 1 aliphatic rings. The average Bonchev–Trinajstić information content (AvgIpc) is 3.03. The first-order valence-electron chi connectivity index (χ1n) is 9.69. The van der Waals surface area contributed by atoms with E-state index in [1.54, 1.807) is 10.9 Å². The number of hydrogen-bond acceptors (Lipinski definition) is 5. The van der Waals surface area contributed by atoms with Crippen LogP contribution in [0.25, 0.3) is 11.0 Å². The number of fused-ring (bicyclic) bond motifs is 1. The minimum Gasteiger partial charge on any atom is -0.460 e. The van der Waals surface area contributed by atoms with E-state index in [-0.39, 0.29) is 19.3 Å². The number of para-hydroxylation sites is 2. The summed E-state index contributed by atoms with van der Waals surface area (Å²) < 4.78 is 12.5. The van der Waals surface area contributed by atoms with Crippen molar-refractivity contribution in [2.75, 3.05) is 6.61 Å². The Morgan fingerprint density at radius 2 is 2.00 bits per heavy atom. The summed E-state index contributed by atoms with van der Waals surface area (Å²) >= 11 is 0. The van der Waals surface area contributed by atoms with E-state index < -0.39 is 11.9 Å². The molecule has 2 aromatic rings.